The van der Waals surface area contributed by atoms with Crippen LogP contribution < -0.4 is 0 Å². The summed E-state index contributed by atoms with van der Waals surface area (Å²) in [5.41, 5.74) is 0.396. The van der Waals surface area contributed by atoms with Gasteiger partial charge in [-0.25, -0.2) is 0 Å². The van der Waals surface area contributed by atoms with E-state index in [1.807, 2.05) is 0 Å². The standard InChI is InChI=1S/C14H21NO2/c1-17-13(16)12-8-15(12)14-5-9-2-10(6-14)4-11(3-9)7-14/h9-12H,2-8H2,1H3. The average Bonchev–Trinajstić information content (AvgIpc) is 3.06. The summed E-state index contributed by atoms with van der Waals surface area (Å²) < 4.78 is 4.89. The molecule has 1 saturated heterocycles. The van der Waals surface area contributed by atoms with Crippen molar-refractivity contribution in [1.82, 2.24) is 4.90 Å². The Hall–Kier alpha value is -0.570. The molecule has 0 N–H and O–H groups in total. The normalized spacial score (nSPS) is 54.8. The molecule has 2 atom stereocenters. The lowest BCUT2D eigenvalue weighted by atomic mass is 9.53. The number of hydrogen-bond donors (Lipinski definition) is 0. The van der Waals surface area contributed by atoms with E-state index in [9.17, 15) is 4.79 Å². The molecule has 3 nitrogen and oxygen atoms in total. The lowest BCUT2D eigenvalue weighted by Crippen LogP contribution is -2.55. The number of esters is 1. The van der Waals surface area contributed by atoms with Crippen LogP contribution in [0.15, 0.2) is 0 Å². The third kappa shape index (κ3) is 1.41. The van der Waals surface area contributed by atoms with Crippen molar-refractivity contribution in [2.24, 2.45) is 17.8 Å². The zero-order valence-electron chi connectivity index (χ0n) is 10.5. The smallest absolute Gasteiger partial charge is 0.324 e. The lowest BCUT2D eigenvalue weighted by Gasteiger charge is -2.57. The number of rotatable bonds is 2. The maximum Gasteiger partial charge on any atom is 0.324 e. The summed E-state index contributed by atoms with van der Waals surface area (Å²) in [6.07, 6.45) is 8.47. The van der Waals surface area contributed by atoms with Gasteiger partial charge in [0, 0.05) is 12.1 Å². The van der Waals surface area contributed by atoms with E-state index in [-0.39, 0.29) is 12.0 Å². The molecule has 4 saturated carbocycles. The molecule has 0 amide bonds. The zero-order chi connectivity index (χ0) is 11.6. The number of carbonyl (C=O) groups excluding carboxylic acids is 1. The topological polar surface area (TPSA) is 29.3 Å². The highest BCUT2D eigenvalue weighted by molar-refractivity contribution is 5.79. The summed E-state index contributed by atoms with van der Waals surface area (Å²) in [5, 5.41) is 0. The van der Waals surface area contributed by atoms with Crippen LogP contribution in [0.4, 0.5) is 0 Å². The van der Waals surface area contributed by atoms with Crippen molar-refractivity contribution in [3.8, 4) is 0 Å². The van der Waals surface area contributed by atoms with E-state index in [0.717, 1.165) is 24.3 Å². The number of nitrogens with zero attached hydrogens (tertiary/aromatic N) is 1. The largest absolute Gasteiger partial charge is 0.468 e. The van der Waals surface area contributed by atoms with Crippen LogP contribution in [-0.2, 0) is 9.53 Å². The van der Waals surface area contributed by atoms with Gasteiger partial charge in [0.15, 0.2) is 0 Å². The van der Waals surface area contributed by atoms with Crippen molar-refractivity contribution < 1.29 is 9.53 Å². The van der Waals surface area contributed by atoms with Crippen molar-refractivity contribution in [2.75, 3.05) is 13.7 Å². The minimum atomic E-state index is -0.0132. The SMILES string of the molecule is COC(=O)C1CN1C12CC3CC(CC(C3)C1)C2. The molecule has 0 spiro atoms. The van der Waals surface area contributed by atoms with E-state index >= 15 is 0 Å². The molecular weight excluding hydrogens is 214 g/mol. The summed E-state index contributed by atoms with van der Waals surface area (Å²) >= 11 is 0. The second-order valence-electron chi connectivity index (χ2n) is 6.83. The van der Waals surface area contributed by atoms with Gasteiger partial charge >= 0.3 is 5.97 Å². The molecule has 5 aliphatic rings. The van der Waals surface area contributed by atoms with E-state index in [1.165, 1.54) is 45.6 Å². The van der Waals surface area contributed by atoms with Crippen molar-refractivity contribution in [1.29, 1.82) is 0 Å². The molecule has 0 aromatic heterocycles. The maximum atomic E-state index is 11.6. The molecule has 4 bridgehead atoms. The highest BCUT2D eigenvalue weighted by Gasteiger charge is 2.60. The summed E-state index contributed by atoms with van der Waals surface area (Å²) in [6, 6.07) is 0.0937. The molecule has 0 radical (unpaired) electrons. The first-order chi connectivity index (χ1) is 8.20. The van der Waals surface area contributed by atoms with E-state index in [0.29, 0.717) is 5.54 Å². The summed E-state index contributed by atoms with van der Waals surface area (Å²) in [4.78, 5) is 14.1. The van der Waals surface area contributed by atoms with E-state index in [4.69, 9.17) is 4.74 Å². The molecule has 0 aromatic carbocycles. The first-order valence-corrected chi connectivity index (χ1v) is 7.05. The van der Waals surface area contributed by atoms with E-state index in [2.05, 4.69) is 4.90 Å². The van der Waals surface area contributed by atoms with Crippen LogP contribution in [-0.4, -0.2) is 36.1 Å². The van der Waals surface area contributed by atoms with Gasteiger partial charge in [-0.3, -0.25) is 9.69 Å². The molecule has 17 heavy (non-hydrogen) atoms. The Labute approximate surface area is 102 Å². The van der Waals surface area contributed by atoms with Crippen molar-refractivity contribution in [3.63, 3.8) is 0 Å². The minimum absolute atomic E-state index is 0.0132. The molecule has 5 rings (SSSR count). The number of carbonyl (C=O) groups is 1. The molecular formula is C14H21NO2. The van der Waals surface area contributed by atoms with Crippen molar-refractivity contribution in [2.45, 2.75) is 50.1 Å². The Bertz CT molecular complexity index is 330. The minimum Gasteiger partial charge on any atom is -0.468 e. The van der Waals surface area contributed by atoms with Crippen LogP contribution in [0.2, 0.25) is 0 Å². The van der Waals surface area contributed by atoms with Crippen LogP contribution in [0.3, 0.4) is 0 Å². The number of hydrogen-bond acceptors (Lipinski definition) is 3. The monoisotopic (exact) mass is 235 g/mol. The lowest BCUT2D eigenvalue weighted by molar-refractivity contribution is -0.142. The Morgan fingerprint density at radius 1 is 1.12 bits per heavy atom. The molecule has 94 valence electrons. The zero-order valence-corrected chi connectivity index (χ0v) is 10.5. The van der Waals surface area contributed by atoms with Gasteiger partial charge in [-0.2, -0.15) is 0 Å². The third-order valence-corrected chi connectivity index (χ3v) is 5.70. The van der Waals surface area contributed by atoms with Crippen LogP contribution in [0, 0.1) is 17.8 Å². The van der Waals surface area contributed by atoms with Crippen molar-refractivity contribution in [3.05, 3.63) is 0 Å². The fraction of sp³-hybridized carbons (Fsp3) is 0.929. The van der Waals surface area contributed by atoms with Gasteiger partial charge in [-0.15, -0.1) is 0 Å². The molecule has 2 unspecified atom stereocenters. The summed E-state index contributed by atoms with van der Waals surface area (Å²) in [7, 11) is 1.51. The molecule has 0 aromatic rings. The van der Waals surface area contributed by atoms with Gasteiger partial charge in [-0.1, -0.05) is 0 Å². The quantitative estimate of drug-likeness (QED) is 0.540. The van der Waals surface area contributed by atoms with Crippen LogP contribution >= 0.6 is 0 Å². The van der Waals surface area contributed by atoms with E-state index in [1.54, 1.807) is 0 Å². The van der Waals surface area contributed by atoms with Gasteiger partial charge in [0.05, 0.1) is 7.11 Å². The average molecular weight is 235 g/mol. The highest BCUT2D eigenvalue weighted by Crippen LogP contribution is 2.59. The van der Waals surface area contributed by atoms with Gasteiger partial charge in [0.2, 0.25) is 0 Å². The van der Waals surface area contributed by atoms with Gasteiger partial charge in [0.25, 0.3) is 0 Å². The van der Waals surface area contributed by atoms with Gasteiger partial charge < -0.3 is 4.74 Å². The summed E-state index contributed by atoms with van der Waals surface area (Å²) in [6.45, 7) is 0.957. The molecule has 3 heteroatoms. The second kappa shape index (κ2) is 3.25. The number of methoxy groups -OCH3 is 1. The first kappa shape index (κ1) is 10.4. The molecule has 4 aliphatic carbocycles. The fourth-order valence-electron chi connectivity index (χ4n) is 5.42. The number of ether oxygens (including phenoxy) is 1. The summed E-state index contributed by atoms with van der Waals surface area (Å²) in [5.74, 6) is 2.86. The Balaban J connectivity index is 1.56. The fourth-order valence-corrected chi connectivity index (χ4v) is 5.42. The molecule has 1 aliphatic heterocycles. The molecule has 1 heterocycles. The Morgan fingerprint density at radius 2 is 1.65 bits per heavy atom. The van der Waals surface area contributed by atoms with Crippen LogP contribution in [0.1, 0.15) is 38.5 Å². The highest BCUT2D eigenvalue weighted by atomic mass is 16.5. The van der Waals surface area contributed by atoms with Gasteiger partial charge in [-0.05, 0) is 56.3 Å². The predicted molar refractivity (Wildman–Crippen MR) is 63.4 cm³/mol. The van der Waals surface area contributed by atoms with Crippen LogP contribution in [0.5, 0.6) is 0 Å². The predicted octanol–water partition coefficient (Wildman–Crippen LogP) is 1.81. The first-order valence-electron chi connectivity index (χ1n) is 7.05. The van der Waals surface area contributed by atoms with Crippen molar-refractivity contribution >= 4 is 5.97 Å². The Morgan fingerprint density at radius 3 is 2.12 bits per heavy atom. The Kier molecular flexibility index (Phi) is 1.98. The van der Waals surface area contributed by atoms with Crippen LogP contribution in [0.25, 0.3) is 0 Å². The molecule has 5 fully saturated rings. The third-order valence-electron chi connectivity index (χ3n) is 5.70. The van der Waals surface area contributed by atoms with E-state index < -0.39 is 0 Å². The van der Waals surface area contributed by atoms with Gasteiger partial charge in [0.1, 0.15) is 6.04 Å². The maximum absolute atomic E-state index is 11.6. The second-order valence-corrected chi connectivity index (χ2v) is 6.83.